The number of anilines is 1. The first-order chi connectivity index (χ1) is 9.20. The summed E-state index contributed by atoms with van der Waals surface area (Å²) < 4.78 is 0. The predicted molar refractivity (Wildman–Crippen MR) is 84.4 cm³/mol. The van der Waals surface area contributed by atoms with E-state index in [-0.39, 0.29) is 0 Å². The van der Waals surface area contributed by atoms with Gasteiger partial charge < -0.3 is 4.90 Å². The number of likely N-dealkylation sites (N-methyl/N-ethyl adjacent to an activating group) is 1. The fourth-order valence-electron chi connectivity index (χ4n) is 1.95. The Labute approximate surface area is 124 Å². The van der Waals surface area contributed by atoms with Gasteiger partial charge >= 0.3 is 0 Å². The number of hydrogen-bond acceptors (Lipinski definition) is 1. The molecule has 0 radical (unpaired) electrons. The molecule has 2 aromatic rings. The van der Waals surface area contributed by atoms with Crippen LogP contribution in [-0.4, -0.2) is 13.6 Å². The van der Waals surface area contributed by atoms with E-state index in [0.717, 1.165) is 29.2 Å². The van der Waals surface area contributed by atoms with Gasteiger partial charge in [-0.1, -0.05) is 48.0 Å². The SMILES string of the molecule is CN(CCc1ccccc1)c1ccc(CCl)c(Cl)c1. The Morgan fingerprint density at radius 3 is 2.42 bits per heavy atom. The van der Waals surface area contributed by atoms with Gasteiger partial charge in [-0.15, -0.1) is 11.6 Å². The molecule has 0 aliphatic rings. The lowest BCUT2D eigenvalue weighted by molar-refractivity contribution is 0.876. The van der Waals surface area contributed by atoms with Gasteiger partial charge in [0, 0.05) is 30.2 Å². The predicted octanol–water partition coefficient (Wildman–Crippen LogP) is 4.76. The molecule has 3 heteroatoms. The van der Waals surface area contributed by atoms with Crippen LogP contribution >= 0.6 is 23.2 Å². The summed E-state index contributed by atoms with van der Waals surface area (Å²) in [6.07, 6.45) is 1.02. The lowest BCUT2D eigenvalue weighted by atomic mass is 10.1. The summed E-state index contributed by atoms with van der Waals surface area (Å²) in [6.45, 7) is 0.959. The number of alkyl halides is 1. The number of hydrogen-bond donors (Lipinski definition) is 0. The third kappa shape index (κ3) is 3.89. The van der Waals surface area contributed by atoms with Crippen LogP contribution in [0.1, 0.15) is 11.1 Å². The lowest BCUT2D eigenvalue weighted by Gasteiger charge is -2.20. The zero-order valence-corrected chi connectivity index (χ0v) is 12.5. The van der Waals surface area contributed by atoms with Crippen LogP contribution in [0.5, 0.6) is 0 Å². The van der Waals surface area contributed by atoms with Crippen molar-refractivity contribution in [1.29, 1.82) is 0 Å². The normalized spacial score (nSPS) is 10.5. The molecule has 0 bridgehead atoms. The maximum atomic E-state index is 6.18. The topological polar surface area (TPSA) is 3.24 Å². The van der Waals surface area contributed by atoms with E-state index in [4.69, 9.17) is 23.2 Å². The minimum atomic E-state index is 0.451. The van der Waals surface area contributed by atoms with Crippen molar-refractivity contribution in [3.8, 4) is 0 Å². The zero-order chi connectivity index (χ0) is 13.7. The van der Waals surface area contributed by atoms with E-state index in [1.165, 1.54) is 5.56 Å². The van der Waals surface area contributed by atoms with Gasteiger partial charge in [0.15, 0.2) is 0 Å². The molecule has 0 aromatic heterocycles. The summed E-state index contributed by atoms with van der Waals surface area (Å²) in [5.74, 6) is 0.451. The average Bonchev–Trinajstić information content (AvgIpc) is 2.45. The quantitative estimate of drug-likeness (QED) is 0.719. The van der Waals surface area contributed by atoms with Crippen molar-refractivity contribution >= 4 is 28.9 Å². The first-order valence-electron chi connectivity index (χ1n) is 6.30. The van der Waals surface area contributed by atoms with Crippen LogP contribution < -0.4 is 4.90 Å². The highest BCUT2D eigenvalue weighted by molar-refractivity contribution is 6.32. The second-order valence-corrected chi connectivity index (χ2v) is 5.24. The highest BCUT2D eigenvalue weighted by Gasteiger charge is 2.05. The summed E-state index contributed by atoms with van der Waals surface area (Å²) in [7, 11) is 2.08. The van der Waals surface area contributed by atoms with Gasteiger partial charge in [0.05, 0.1) is 0 Å². The summed E-state index contributed by atoms with van der Waals surface area (Å²) in [5.41, 5.74) is 3.44. The molecular weight excluding hydrogens is 277 g/mol. The van der Waals surface area contributed by atoms with Gasteiger partial charge in [-0.2, -0.15) is 0 Å². The molecule has 2 aromatic carbocycles. The van der Waals surface area contributed by atoms with Gasteiger partial charge in [0.25, 0.3) is 0 Å². The van der Waals surface area contributed by atoms with E-state index in [0.29, 0.717) is 5.88 Å². The molecule has 0 heterocycles. The molecule has 2 rings (SSSR count). The van der Waals surface area contributed by atoms with Gasteiger partial charge in [-0.3, -0.25) is 0 Å². The second-order valence-electron chi connectivity index (χ2n) is 4.57. The van der Waals surface area contributed by atoms with E-state index >= 15 is 0 Å². The van der Waals surface area contributed by atoms with Crippen molar-refractivity contribution in [1.82, 2.24) is 0 Å². The number of rotatable bonds is 5. The maximum absolute atomic E-state index is 6.18. The standard InChI is InChI=1S/C16H17Cl2N/c1-19(10-9-13-5-3-2-4-6-13)15-8-7-14(12-17)16(18)11-15/h2-8,11H,9-10,12H2,1H3. The Morgan fingerprint density at radius 2 is 1.79 bits per heavy atom. The molecule has 0 unspecified atom stereocenters. The van der Waals surface area contributed by atoms with Crippen LogP contribution in [0.25, 0.3) is 0 Å². The third-order valence-electron chi connectivity index (χ3n) is 3.20. The van der Waals surface area contributed by atoms with Crippen LogP contribution in [0.3, 0.4) is 0 Å². The number of benzene rings is 2. The summed E-state index contributed by atoms with van der Waals surface area (Å²) in [6, 6.07) is 16.5. The first-order valence-corrected chi connectivity index (χ1v) is 7.21. The number of halogens is 2. The van der Waals surface area contributed by atoms with Crippen LogP contribution in [0, 0.1) is 0 Å². The minimum absolute atomic E-state index is 0.451. The molecule has 0 atom stereocenters. The molecule has 0 aliphatic carbocycles. The second kappa shape index (κ2) is 6.83. The first kappa shape index (κ1) is 14.2. The molecule has 19 heavy (non-hydrogen) atoms. The molecule has 100 valence electrons. The molecule has 0 N–H and O–H groups in total. The highest BCUT2D eigenvalue weighted by atomic mass is 35.5. The Morgan fingerprint density at radius 1 is 1.05 bits per heavy atom. The highest BCUT2D eigenvalue weighted by Crippen LogP contribution is 2.24. The zero-order valence-electron chi connectivity index (χ0n) is 10.9. The smallest absolute Gasteiger partial charge is 0.0488 e. The van der Waals surface area contributed by atoms with Crippen LogP contribution in [0.15, 0.2) is 48.5 Å². The monoisotopic (exact) mass is 293 g/mol. The lowest BCUT2D eigenvalue weighted by Crippen LogP contribution is -2.20. The van der Waals surface area contributed by atoms with Crippen molar-refractivity contribution in [2.24, 2.45) is 0 Å². The Bertz CT molecular complexity index is 526. The van der Waals surface area contributed by atoms with Crippen molar-refractivity contribution < 1.29 is 0 Å². The van der Waals surface area contributed by atoms with Crippen molar-refractivity contribution in [3.05, 3.63) is 64.7 Å². The van der Waals surface area contributed by atoms with Gasteiger partial charge in [0.1, 0.15) is 0 Å². The maximum Gasteiger partial charge on any atom is 0.0488 e. The van der Waals surface area contributed by atoms with Gasteiger partial charge in [0.2, 0.25) is 0 Å². The van der Waals surface area contributed by atoms with E-state index in [2.05, 4.69) is 42.3 Å². The minimum Gasteiger partial charge on any atom is -0.374 e. The van der Waals surface area contributed by atoms with Crippen LogP contribution in [0.2, 0.25) is 5.02 Å². The van der Waals surface area contributed by atoms with E-state index in [9.17, 15) is 0 Å². The fraction of sp³-hybridized carbons (Fsp3) is 0.250. The van der Waals surface area contributed by atoms with Crippen LogP contribution in [-0.2, 0) is 12.3 Å². The van der Waals surface area contributed by atoms with E-state index in [1.807, 2.05) is 18.2 Å². The third-order valence-corrected chi connectivity index (χ3v) is 3.84. The van der Waals surface area contributed by atoms with Crippen molar-refractivity contribution in [2.75, 3.05) is 18.5 Å². The molecule has 0 spiro atoms. The van der Waals surface area contributed by atoms with Crippen LogP contribution in [0.4, 0.5) is 5.69 Å². The fourth-order valence-corrected chi connectivity index (χ4v) is 2.50. The molecule has 0 aliphatic heterocycles. The molecule has 0 saturated carbocycles. The average molecular weight is 294 g/mol. The number of nitrogens with zero attached hydrogens (tertiary/aromatic N) is 1. The van der Waals surface area contributed by atoms with Gasteiger partial charge in [-0.05, 0) is 29.7 Å². The molecular formula is C16H17Cl2N. The summed E-state index contributed by atoms with van der Waals surface area (Å²) in [4.78, 5) is 2.21. The van der Waals surface area contributed by atoms with Gasteiger partial charge in [-0.25, -0.2) is 0 Å². The summed E-state index contributed by atoms with van der Waals surface area (Å²) >= 11 is 12.0. The molecule has 0 saturated heterocycles. The Kier molecular flexibility index (Phi) is 5.12. The molecule has 0 fully saturated rings. The Balaban J connectivity index is 2.00. The van der Waals surface area contributed by atoms with E-state index < -0.39 is 0 Å². The summed E-state index contributed by atoms with van der Waals surface area (Å²) in [5, 5.41) is 0.735. The molecule has 1 nitrogen and oxygen atoms in total. The van der Waals surface area contributed by atoms with E-state index in [1.54, 1.807) is 0 Å². The van der Waals surface area contributed by atoms with Crippen molar-refractivity contribution in [2.45, 2.75) is 12.3 Å². The largest absolute Gasteiger partial charge is 0.374 e. The molecule has 0 amide bonds. The van der Waals surface area contributed by atoms with Crippen molar-refractivity contribution in [3.63, 3.8) is 0 Å². The Hall–Kier alpha value is -1.18.